The van der Waals surface area contributed by atoms with Crippen LogP contribution in [0.15, 0.2) is 35.5 Å². The van der Waals surface area contributed by atoms with E-state index in [0.29, 0.717) is 6.54 Å². The van der Waals surface area contributed by atoms with Crippen molar-refractivity contribution in [1.29, 1.82) is 0 Å². The number of aryl methyl sites for hydroxylation is 1. The molecule has 0 unspecified atom stereocenters. The summed E-state index contributed by atoms with van der Waals surface area (Å²) in [5.74, 6) is 0.559. The number of nitrogens with zero attached hydrogens (tertiary/aromatic N) is 2. The normalized spacial score (nSPS) is 11.0. The van der Waals surface area contributed by atoms with Crippen LogP contribution in [-0.4, -0.2) is 31.1 Å². The number of halogens is 2. The molecule has 0 saturated heterocycles. The average Bonchev–Trinajstić information content (AvgIpc) is 2.91. The first-order valence-corrected chi connectivity index (χ1v) is 8.09. The first kappa shape index (κ1) is 19.8. The standard InChI is InChI=1S/C16H21FN4S.HI/c1-12-11-21-15(22-12)7-9-20-16(18-2)19-8-6-13-4-3-5-14(17)10-13;/h3-5,10-11H,6-9H2,1-2H3,(H2,18,19,20);1H. The zero-order valence-electron chi connectivity index (χ0n) is 13.3. The van der Waals surface area contributed by atoms with E-state index in [9.17, 15) is 4.39 Å². The third-order valence-corrected chi connectivity index (χ3v) is 4.09. The second-order valence-corrected chi connectivity index (χ2v) is 6.24. The lowest BCUT2D eigenvalue weighted by atomic mass is 10.1. The Morgan fingerprint density at radius 3 is 2.61 bits per heavy atom. The summed E-state index contributed by atoms with van der Waals surface area (Å²) in [5, 5.41) is 7.61. The number of guanidine groups is 1. The van der Waals surface area contributed by atoms with Crippen molar-refractivity contribution in [3.63, 3.8) is 0 Å². The monoisotopic (exact) mass is 448 g/mol. The Morgan fingerprint density at radius 1 is 1.26 bits per heavy atom. The number of thiazole rings is 1. The fourth-order valence-electron chi connectivity index (χ4n) is 2.04. The molecule has 0 spiro atoms. The topological polar surface area (TPSA) is 49.3 Å². The van der Waals surface area contributed by atoms with Crippen molar-refractivity contribution in [2.75, 3.05) is 20.1 Å². The van der Waals surface area contributed by atoms with E-state index in [2.05, 4.69) is 27.5 Å². The van der Waals surface area contributed by atoms with E-state index in [-0.39, 0.29) is 29.8 Å². The number of aliphatic imine (C=N–C) groups is 1. The molecular formula is C16H22FIN4S. The van der Waals surface area contributed by atoms with E-state index >= 15 is 0 Å². The van der Waals surface area contributed by atoms with E-state index in [0.717, 1.165) is 35.9 Å². The Kier molecular flexibility index (Phi) is 9.08. The summed E-state index contributed by atoms with van der Waals surface area (Å²) < 4.78 is 13.1. The van der Waals surface area contributed by atoms with Crippen LogP contribution in [0.5, 0.6) is 0 Å². The molecule has 1 aromatic heterocycles. The number of hydrogen-bond donors (Lipinski definition) is 2. The highest BCUT2D eigenvalue weighted by molar-refractivity contribution is 14.0. The summed E-state index contributed by atoms with van der Waals surface area (Å²) in [7, 11) is 1.74. The molecular weight excluding hydrogens is 426 g/mol. The van der Waals surface area contributed by atoms with Crippen molar-refractivity contribution in [3.05, 3.63) is 51.7 Å². The largest absolute Gasteiger partial charge is 0.356 e. The number of benzene rings is 1. The summed E-state index contributed by atoms with van der Waals surface area (Å²) in [6, 6.07) is 6.67. The van der Waals surface area contributed by atoms with E-state index in [1.807, 2.05) is 12.3 Å². The third-order valence-electron chi connectivity index (χ3n) is 3.12. The molecule has 0 aliphatic rings. The number of hydrogen-bond acceptors (Lipinski definition) is 3. The van der Waals surface area contributed by atoms with Crippen LogP contribution in [0.3, 0.4) is 0 Å². The predicted octanol–water partition coefficient (Wildman–Crippen LogP) is 3.16. The van der Waals surface area contributed by atoms with Crippen LogP contribution in [-0.2, 0) is 12.8 Å². The highest BCUT2D eigenvalue weighted by atomic mass is 127. The van der Waals surface area contributed by atoms with Gasteiger partial charge in [-0.1, -0.05) is 12.1 Å². The second-order valence-electron chi connectivity index (χ2n) is 4.92. The summed E-state index contributed by atoms with van der Waals surface area (Å²) in [6.45, 7) is 3.55. The van der Waals surface area contributed by atoms with Crippen LogP contribution in [0.2, 0.25) is 0 Å². The average molecular weight is 448 g/mol. The first-order chi connectivity index (χ1) is 10.7. The highest BCUT2D eigenvalue weighted by Crippen LogP contribution is 2.10. The molecule has 23 heavy (non-hydrogen) atoms. The van der Waals surface area contributed by atoms with Gasteiger partial charge in [0, 0.05) is 37.6 Å². The summed E-state index contributed by atoms with van der Waals surface area (Å²) in [5.41, 5.74) is 0.973. The zero-order chi connectivity index (χ0) is 15.8. The van der Waals surface area contributed by atoms with Crippen LogP contribution in [0, 0.1) is 12.7 Å². The molecule has 126 valence electrons. The van der Waals surface area contributed by atoms with E-state index in [4.69, 9.17) is 0 Å². The molecule has 2 N–H and O–H groups in total. The van der Waals surface area contributed by atoms with Crippen molar-refractivity contribution in [1.82, 2.24) is 15.6 Å². The molecule has 7 heteroatoms. The fraction of sp³-hybridized carbons (Fsp3) is 0.375. The number of nitrogens with one attached hydrogen (secondary N) is 2. The van der Waals surface area contributed by atoms with Gasteiger partial charge in [-0.25, -0.2) is 9.37 Å². The molecule has 0 aliphatic heterocycles. The smallest absolute Gasteiger partial charge is 0.191 e. The van der Waals surface area contributed by atoms with Crippen molar-refractivity contribution in [3.8, 4) is 0 Å². The SMILES string of the molecule is CN=C(NCCc1cccc(F)c1)NCCc1ncc(C)s1.I. The maximum absolute atomic E-state index is 13.1. The molecule has 2 rings (SSSR count). The van der Waals surface area contributed by atoms with Gasteiger partial charge >= 0.3 is 0 Å². The van der Waals surface area contributed by atoms with Crippen LogP contribution >= 0.6 is 35.3 Å². The maximum Gasteiger partial charge on any atom is 0.191 e. The Morgan fingerprint density at radius 2 is 2.00 bits per heavy atom. The van der Waals surface area contributed by atoms with Crippen molar-refractivity contribution >= 4 is 41.3 Å². The van der Waals surface area contributed by atoms with Crippen LogP contribution < -0.4 is 10.6 Å². The Balaban J connectivity index is 0.00000264. The second kappa shape index (κ2) is 10.5. The quantitative estimate of drug-likeness (QED) is 0.406. The molecule has 0 fully saturated rings. The molecule has 0 aliphatic carbocycles. The van der Waals surface area contributed by atoms with Gasteiger partial charge in [-0.3, -0.25) is 4.99 Å². The van der Waals surface area contributed by atoms with E-state index in [1.165, 1.54) is 10.9 Å². The third kappa shape index (κ3) is 7.26. The minimum absolute atomic E-state index is 0. The lowest BCUT2D eigenvalue weighted by Crippen LogP contribution is -2.39. The van der Waals surface area contributed by atoms with E-state index < -0.39 is 0 Å². The predicted molar refractivity (Wildman–Crippen MR) is 105 cm³/mol. The van der Waals surface area contributed by atoms with Crippen LogP contribution in [0.1, 0.15) is 15.4 Å². The Labute approximate surface area is 157 Å². The molecule has 0 radical (unpaired) electrons. The van der Waals surface area contributed by atoms with E-state index in [1.54, 1.807) is 30.5 Å². The minimum Gasteiger partial charge on any atom is -0.356 e. The molecule has 0 saturated carbocycles. The number of aromatic nitrogens is 1. The number of rotatable bonds is 6. The fourth-order valence-corrected chi connectivity index (χ4v) is 2.83. The minimum atomic E-state index is -0.196. The van der Waals surface area contributed by atoms with Gasteiger partial charge in [0.05, 0.1) is 5.01 Å². The van der Waals surface area contributed by atoms with Gasteiger partial charge in [0.25, 0.3) is 0 Å². The lowest BCUT2D eigenvalue weighted by Gasteiger charge is -2.11. The zero-order valence-corrected chi connectivity index (χ0v) is 16.5. The highest BCUT2D eigenvalue weighted by Gasteiger charge is 2.01. The molecule has 0 amide bonds. The van der Waals surface area contributed by atoms with Gasteiger partial charge in [-0.2, -0.15) is 0 Å². The summed E-state index contributed by atoms with van der Waals surface area (Å²) in [4.78, 5) is 9.74. The van der Waals surface area contributed by atoms with Gasteiger partial charge < -0.3 is 10.6 Å². The molecule has 2 aromatic rings. The maximum atomic E-state index is 13.1. The summed E-state index contributed by atoms with van der Waals surface area (Å²) >= 11 is 1.72. The molecule has 0 atom stereocenters. The van der Waals surface area contributed by atoms with Crippen LogP contribution in [0.4, 0.5) is 4.39 Å². The summed E-state index contributed by atoms with van der Waals surface area (Å²) in [6.07, 6.45) is 3.53. The van der Waals surface area contributed by atoms with Gasteiger partial charge in [0.15, 0.2) is 5.96 Å². The van der Waals surface area contributed by atoms with Gasteiger partial charge in [-0.15, -0.1) is 35.3 Å². The molecule has 0 bridgehead atoms. The lowest BCUT2D eigenvalue weighted by molar-refractivity contribution is 0.625. The molecule has 4 nitrogen and oxygen atoms in total. The van der Waals surface area contributed by atoms with Crippen LogP contribution in [0.25, 0.3) is 0 Å². The van der Waals surface area contributed by atoms with Crippen molar-refractivity contribution in [2.45, 2.75) is 19.8 Å². The van der Waals surface area contributed by atoms with Gasteiger partial charge in [-0.05, 0) is 31.0 Å². The Bertz CT molecular complexity index is 630. The first-order valence-electron chi connectivity index (χ1n) is 7.27. The van der Waals surface area contributed by atoms with Gasteiger partial charge in [0.1, 0.15) is 5.82 Å². The van der Waals surface area contributed by atoms with Crippen molar-refractivity contribution in [2.24, 2.45) is 4.99 Å². The molecule has 1 heterocycles. The molecule has 1 aromatic carbocycles. The Hall–Kier alpha value is -1.22. The van der Waals surface area contributed by atoms with Crippen molar-refractivity contribution < 1.29 is 4.39 Å². The van der Waals surface area contributed by atoms with Gasteiger partial charge in [0.2, 0.25) is 0 Å².